The third-order valence-corrected chi connectivity index (χ3v) is 13.8. The average molecular weight is 849 g/mol. The van der Waals surface area contributed by atoms with Crippen molar-refractivity contribution in [1.82, 2.24) is 35.3 Å². The van der Waals surface area contributed by atoms with E-state index in [1.54, 1.807) is 18.5 Å². The number of nitrogens with zero attached hydrogens (tertiary/aromatic N) is 7. The van der Waals surface area contributed by atoms with Gasteiger partial charge in [0, 0.05) is 100.0 Å². The van der Waals surface area contributed by atoms with E-state index in [1.807, 2.05) is 17.5 Å². The first-order chi connectivity index (χ1) is 29.7. The standard InChI is InChI=1S/C44H52N10O6S/c1-60-38-21-31(2-3-32(38)41(57)47-34-4-5-39(56)49-43(34)59)52-16-6-27(7-17-52)23-51-14-10-30(11-15-51)54-24-29-20-36(48-42(58)33-26-61-44-40(33)45-12-13-46-44)37(22-35(29)50-54)53-18-8-28(25-55)9-19-53/h2-3,12-13,20-22,24,26-28,30,34,55H,4-11,14-19,23,25H2,1H3,(H,47,57)(H,48,58)(H,49,56,59)/t34-/m0/s1. The number of hydrogen-bond donors (Lipinski definition) is 4. The molecule has 4 fully saturated rings. The van der Waals surface area contributed by atoms with Gasteiger partial charge < -0.3 is 35.2 Å². The van der Waals surface area contributed by atoms with Crippen LogP contribution in [0.15, 0.2) is 54.3 Å². The third-order valence-electron chi connectivity index (χ3n) is 13.0. The van der Waals surface area contributed by atoms with Gasteiger partial charge in [0.1, 0.15) is 22.1 Å². The van der Waals surface area contributed by atoms with Crippen molar-refractivity contribution in [2.24, 2.45) is 11.8 Å². The Balaban J connectivity index is 0.806. The van der Waals surface area contributed by atoms with Crippen LogP contribution in [-0.4, -0.2) is 119 Å². The summed E-state index contributed by atoms with van der Waals surface area (Å²) in [5.41, 5.74) is 5.05. The fourth-order valence-electron chi connectivity index (χ4n) is 9.34. The molecular weight excluding hydrogens is 797 g/mol. The minimum atomic E-state index is -0.753. The number of hydrogen-bond acceptors (Lipinski definition) is 13. The van der Waals surface area contributed by atoms with Gasteiger partial charge in [-0.2, -0.15) is 5.10 Å². The van der Waals surface area contributed by atoms with Gasteiger partial charge in [-0.1, -0.05) is 0 Å². The van der Waals surface area contributed by atoms with Crippen molar-refractivity contribution in [2.45, 2.75) is 63.5 Å². The zero-order chi connectivity index (χ0) is 42.0. The first-order valence-electron chi connectivity index (χ1n) is 21.4. The minimum Gasteiger partial charge on any atom is -0.496 e. The van der Waals surface area contributed by atoms with Crippen molar-refractivity contribution < 1.29 is 29.0 Å². The number of anilines is 3. The number of nitrogens with one attached hydrogen (secondary N) is 3. The van der Waals surface area contributed by atoms with Crippen LogP contribution in [0, 0.1) is 11.8 Å². The predicted molar refractivity (Wildman–Crippen MR) is 233 cm³/mol. The molecular formula is C44H52N10O6S. The molecule has 0 bridgehead atoms. The van der Waals surface area contributed by atoms with Crippen LogP contribution >= 0.6 is 11.3 Å². The Morgan fingerprint density at radius 2 is 1.64 bits per heavy atom. The summed E-state index contributed by atoms with van der Waals surface area (Å²) in [6.45, 7) is 6.68. The maximum Gasteiger partial charge on any atom is 0.258 e. The Morgan fingerprint density at radius 1 is 0.885 bits per heavy atom. The van der Waals surface area contributed by atoms with E-state index in [1.165, 1.54) is 18.4 Å². The molecule has 0 saturated carbocycles. The summed E-state index contributed by atoms with van der Waals surface area (Å²) in [7, 11) is 1.54. The predicted octanol–water partition coefficient (Wildman–Crippen LogP) is 4.60. The number of imide groups is 1. The molecule has 2 aromatic carbocycles. The molecule has 4 aliphatic heterocycles. The molecule has 4 amide bonds. The van der Waals surface area contributed by atoms with Crippen LogP contribution in [0.1, 0.15) is 78.1 Å². The summed E-state index contributed by atoms with van der Waals surface area (Å²) in [5.74, 6) is -0.104. The highest BCUT2D eigenvalue weighted by molar-refractivity contribution is 7.17. The second-order valence-corrected chi connectivity index (χ2v) is 17.6. The van der Waals surface area contributed by atoms with Crippen LogP contribution in [0.3, 0.4) is 0 Å². The van der Waals surface area contributed by atoms with Crippen LogP contribution < -0.4 is 30.5 Å². The number of likely N-dealkylation sites (tertiary alicyclic amines) is 1. The molecule has 5 aromatic rings. The zero-order valence-electron chi connectivity index (χ0n) is 34.3. The number of carbonyl (C=O) groups is 4. The number of rotatable bonds is 11. The quantitative estimate of drug-likeness (QED) is 0.136. The molecule has 17 heteroatoms. The lowest BCUT2D eigenvalue weighted by molar-refractivity contribution is -0.134. The molecule has 7 heterocycles. The largest absolute Gasteiger partial charge is 0.496 e. The van der Waals surface area contributed by atoms with Crippen LogP contribution in [0.4, 0.5) is 17.1 Å². The van der Waals surface area contributed by atoms with E-state index < -0.39 is 17.9 Å². The van der Waals surface area contributed by atoms with Crippen LogP contribution in [0.5, 0.6) is 5.75 Å². The Morgan fingerprint density at radius 3 is 2.39 bits per heavy atom. The van der Waals surface area contributed by atoms with Gasteiger partial charge in [0.2, 0.25) is 11.8 Å². The molecule has 4 N–H and O–H groups in total. The number of aliphatic hydroxyl groups is 1. The molecule has 4 saturated heterocycles. The van der Waals surface area contributed by atoms with E-state index in [0.717, 1.165) is 117 Å². The number of fused-ring (bicyclic) bond motifs is 2. The highest BCUT2D eigenvalue weighted by Gasteiger charge is 2.31. The second kappa shape index (κ2) is 17.8. The van der Waals surface area contributed by atoms with Gasteiger partial charge in [-0.25, -0.2) is 4.98 Å². The third kappa shape index (κ3) is 8.77. The molecule has 61 heavy (non-hydrogen) atoms. The number of piperidine rings is 4. The lowest BCUT2D eigenvalue weighted by Gasteiger charge is -2.38. The van der Waals surface area contributed by atoms with Gasteiger partial charge in [0.15, 0.2) is 0 Å². The Kier molecular flexibility index (Phi) is 11.9. The van der Waals surface area contributed by atoms with Crippen molar-refractivity contribution in [1.29, 1.82) is 0 Å². The highest BCUT2D eigenvalue weighted by atomic mass is 32.1. The molecule has 0 unspecified atom stereocenters. The fourth-order valence-corrected chi connectivity index (χ4v) is 10.2. The Bertz CT molecular complexity index is 2430. The molecule has 16 nitrogen and oxygen atoms in total. The second-order valence-electron chi connectivity index (χ2n) is 16.8. The van der Waals surface area contributed by atoms with Crippen molar-refractivity contribution in [3.05, 3.63) is 65.4 Å². The van der Waals surface area contributed by atoms with Crippen LogP contribution in [0.2, 0.25) is 0 Å². The van der Waals surface area contributed by atoms with Crippen LogP contribution in [-0.2, 0) is 9.59 Å². The lowest BCUT2D eigenvalue weighted by atomic mass is 9.94. The van der Waals surface area contributed by atoms with E-state index in [-0.39, 0.29) is 37.3 Å². The van der Waals surface area contributed by atoms with Gasteiger partial charge in [0.25, 0.3) is 11.8 Å². The normalized spacial score (nSPS) is 20.0. The SMILES string of the molecule is COc1cc(N2CCC(CN3CCC(n4cc5cc(NC(=O)c6csc7nccnc67)c(N6CCC(CO)CC6)cc5n4)CC3)CC2)ccc1C(=O)N[C@H]1CCC(=O)NC1=O. The number of aliphatic hydroxyl groups excluding tert-OH is 1. The monoisotopic (exact) mass is 848 g/mol. The minimum absolute atomic E-state index is 0.191. The van der Waals surface area contributed by atoms with Crippen molar-refractivity contribution in [2.75, 3.05) is 74.6 Å². The number of methoxy groups -OCH3 is 1. The molecule has 9 rings (SSSR count). The summed E-state index contributed by atoms with van der Waals surface area (Å²) in [4.78, 5) is 67.2. The lowest BCUT2D eigenvalue weighted by Crippen LogP contribution is -2.52. The van der Waals surface area contributed by atoms with E-state index in [2.05, 4.69) is 63.6 Å². The summed E-state index contributed by atoms with van der Waals surface area (Å²) in [5, 5.41) is 25.9. The van der Waals surface area contributed by atoms with Crippen molar-refractivity contribution in [3.8, 4) is 5.75 Å². The molecule has 0 aliphatic carbocycles. The molecule has 1 atom stereocenters. The summed E-state index contributed by atoms with van der Waals surface area (Å²) in [6, 6.07) is 9.27. The number of amides is 4. The molecule has 0 radical (unpaired) electrons. The maximum absolute atomic E-state index is 13.7. The number of ether oxygens (including phenoxy) is 1. The maximum atomic E-state index is 13.7. The molecule has 0 spiro atoms. The van der Waals surface area contributed by atoms with Gasteiger partial charge >= 0.3 is 0 Å². The number of benzene rings is 2. The summed E-state index contributed by atoms with van der Waals surface area (Å²) < 4.78 is 7.74. The number of aromatic nitrogens is 4. The topological polar surface area (TPSA) is 187 Å². The first-order valence-corrected chi connectivity index (χ1v) is 22.3. The van der Waals surface area contributed by atoms with Crippen LogP contribution in [0.25, 0.3) is 21.3 Å². The van der Waals surface area contributed by atoms with Crippen molar-refractivity contribution >= 4 is 73.3 Å². The van der Waals surface area contributed by atoms with Gasteiger partial charge in [-0.15, -0.1) is 11.3 Å². The summed E-state index contributed by atoms with van der Waals surface area (Å²) >= 11 is 1.41. The number of carbonyl (C=O) groups excluding carboxylic acids is 4. The average Bonchev–Trinajstić information content (AvgIpc) is 3.92. The zero-order valence-corrected chi connectivity index (χ0v) is 35.2. The van der Waals surface area contributed by atoms with Gasteiger partial charge in [0.05, 0.1) is 41.2 Å². The van der Waals surface area contributed by atoms with Gasteiger partial charge in [-0.3, -0.25) is 34.2 Å². The molecule has 4 aliphatic rings. The molecule has 3 aromatic heterocycles. The molecule has 320 valence electrons. The first kappa shape index (κ1) is 40.7. The van der Waals surface area contributed by atoms with E-state index >= 15 is 0 Å². The fraction of sp³-hybridized carbons (Fsp3) is 0.477. The summed E-state index contributed by atoms with van der Waals surface area (Å²) in [6.07, 6.45) is 11.8. The smallest absolute Gasteiger partial charge is 0.258 e. The van der Waals surface area contributed by atoms with E-state index in [0.29, 0.717) is 34.2 Å². The Labute approximate surface area is 357 Å². The highest BCUT2D eigenvalue weighted by Crippen LogP contribution is 2.36. The van der Waals surface area contributed by atoms with Gasteiger partial charge in [-0.05, 0) is 81.0 Å². The number of thiophene rings is 1. The van der Waals surface area contributed by atoms with E-state index in [9.17, 15) is 24.3 Å². The Hall–Kier alpha value is -5.65. The van der Waals surface area contributed by atoms with E-state index in [4.69, 9.17) is 9.84 Å². The van der Waals surface area contributed by atoms with Crippen molar-refractivity contribution in [3.63, 3.8) is 0 Å².